The fraction of sp³-hybridized carbons (Fsp3) is 0.556. The Morgan fingerprint density at radius 3 is 3.07 bits per heavy atom. The third-order valence-corrected chi connectivity index (χ3v) is 2.65. The van der Waals surface area contributed by atoms with Crippen molar-refractivity contribution >= 4 is 11.8 Å². The Labute approximate surface area is 81.5 Å². The van der Waals surface area contributed by atoms with E-state index >= 15 is 0 Å². The average Bonchev–Trinajstić information content (AvgIpc) is 2.39. The molecule has 0 aromatic carbocycles. The van der Waals surface area contributed by atoms with E-state index in [1.165, 1.54) is 0 Å². The molecule has 2 heterocycles. The first-order valence-electron chi connectivity index (χ1n) is 4.67. The summed E-state index contributed by atoms with van der Waals surface area (Å²) in [4.78, 5) is 15.0. The van der Waals surface area contributed by atoms with E-state index in [0.717, 1.165) is 18.7 Å². The van der Waals surface area contributed by atoms with Gasteiger partial charge in [-0.1, -0.05) is 6.92 Å². The van der Waals surface area contributed by atoms with Gasteiger partial charge in [0.2, 0.25) is 0 Å². The second-order valence-corrected chi connectivity index (χ2v) is 3.82. The van der Waals surface area contributed by atoms with Crippen LogP contribution in [0.25, 0.3) is 0 Å². The third-order valence-electron chi connectivity index (χ3n) is 2.65. The Kier molecular flexibility index (Phi) is 1.94. The van der Waals surface area contributed by atoms with Crippen LogP contribution >= 0.6 is 0 Å². The van der Waals surface area contributed by atoms with E-state index in [2.05, 4.69) is 11.9 Å². The maximum absolute atomic E-state index is 10.9. The van der Waals surface area contributed by atoms with Crippen LogP contribution in [-0.2, 0) is 13.0 Å². The Bertz CT molecular complexity index is 384. The van der Waals surface area contributed by atoms with Gasteiger partial charge < -0.3 is 15.4 Å². The number of hydrogen-bond acceptors (Lipinski definition) is 3. The molecule has 0 amide bonds. The van der Waals surface area contributed by atoms with Crippen molar-refractivity contribution in [1.29, 1.82) is 0 Å². The summed E-state index contributed by atoms with van der Waals surface area (Å²) in [5.74, 6) is 0.516. The molecule has 0 aliphatic carbocycles. The summed E-state index contributed by atoms with van der Waals surface area (Å²) in [7, 11) is 0. The summed E-state index contributed by atoms with van der Waals surface area (Å²) in [6.07, 6.45) is 1.81. The Hall–Kier alpha value is -1.52. The van der Waals surface area contributed by atoms with Gasteiger partial charge in [0.05, 0.1) is 0 Å². The van der Waals surface area contributed by atoms with Crippen LogP contribution < -0.4 is 5.73 Å². The van der Waals surface area contributed by atoms with Crippen molar-refractivity contribution in [2.75, 3.05) is 5.73 Å². The average molecular weight is 195 g/mol. The van der Waals surface area contributed by atoms with Crippen molar-refractivity contribution in [3.8, 4) is 0 Å². The lowest BCUT2D eigenvalue weighted by atomic mass is 10.0. The smallest absolute Gasteiger partial charge is 0.356 e. The number of carbonyl (C=O) groups is 1. The van der Waals surface area contributed by atoms with Gasteiger partial charge in [-0.2, -0.15) is 0 Å². The number of aromatic carboxylic acids is 1. The summed E-state index contributed by atoms with van der Waals surface area (Å²) in [6.45, 7) is 2.84. The fourth-order valence-electron chi connectivity index (χ4n) is 1.90. The molecule has 3 N–H and O–H groups in total. The van der Waals surface area contributed by atoms with Crippen LogP contribution in [0.4, 0.5) is 5.82 Å². The molecule has 5 nitrogen and oxygen atoms in total. The largest absolute Gasteiger partial charge is 0.476 e. The van der Waals surface area contributed by atoms with Crippen LogP contribution in [0.3, 0.4) is 0 Å². The first-order chi connectivity index (χ1) is 6.59. The van der Waals surface area contributed by atoms with Crippen molar-refractivity contribution in [2.45, 2.75) is 26.3 Å². The van der Waals surface area contributed by atoms with Gasteiger partial charge in [0, 0.05) is 13.0 Å². The van der Waals surface area contributed by atoms with E-state index in [4.69, 9.17) is 10.8 Å². The summed E-state index contributed by atoms with van der Waals surface area (Å²) in [5, 5.41) is 8.94. The zero-order chi connectivity index (χ0) is 10.3. The highest BCUT2D eigenvalue weighted by molar-refractivity contribution is 5.91. The Morgan fingerprint density at radius 1 is 1.71 bits per heavy atom. The van der Waals surface area contributed by atoms with Crippen molar-refractivity contribution in [3.05, 3.63) is 11.5 Å². The number of nitrogens with zero attached hydrogens (tertiary/aromatic N) is 2. The minimum absolute atomic E-state index is 0.140. The van der Waals surface area contributed by atoms with Crippen LogP contribution in [0.5, 0.6) is 0 Å². The predicted molar refractivity (Wildman–Crippen MR) is 51.1 cm³/mol. The molecule has 1 aromatic rings. The number of carboxylic acid groups (broad SMARTS) is 1. The van der Waals surface area contributed by atoms with E-state index in [1.54, 1.807) is 4.57 Å². The topological polar surface area (TPSA) is 81.1 Å². The number of anilines is 1. The Morgan fingerprint density at radius 2 is 2.43 bits per heavy atom. The molecule has 0 saturated heterocycles. The number of aromatic nitrogens is 2. The highest BCUT2D eigenvalue weighted by atomic mass is 16.4. The summed E-state index contributed by atoms with van der Waals surface area (Å²) >= 11 is 0. The molecule has 1 aromatic heterocycles. The maximum Gasteiger partial charge on any atom is 0.356 e. The van der Waals surface area contributed by atoms with Gasteiger partial charge >= 0.3 is 5.97 Å². The zero-order valence-corrected chi connectivity index (χ0v) is 8.03. The molecule has 1 unspecified atom stereocenters. The number of nitrogens with two attached hydrogens (primary N) is 1. The highest BCUT2D eigenvalue weighted by Crippen LogP contribution is 2.24. The van der Waals surface area contributed by atoms with E-state index in [9.17, 15) is 4.79 Å². The molecule has 0 saturated carbocycles. The van der Waals surface area contributed by atoms with Crippen molar-refractivity contribution in [1.82, 2.24) is 9.55 Å². The van der Waals surface area contributed by atoms with Gasteiger partial charge in [0.25, 0.3) is 0 Å². The molecular formula is C9H13N3O2. The lowest BCUT2D eigenvalue weighted by Crippen LogP contribution is -2.20. The molecule has 0 fully saturated rings. The van der Waals surface area contributed by atoms with Crippen LogP contribution in [0.15, 0.2) is 0 Å². The van der Waals surface area contributed by atoms with Crippen LogP contribution in [-0.4, -0.2) is 20.6 Å². The minimum Gasteiger partial charge on any atom is -0.476 e. The molecular weight excluding hydrogens is 182 g/mol. The lowest BCUT2D eigenvalue weighted by Gasteiger charge is -2.20. The number of hydrogen-bond donors (Lipinski definition) is 2. The molecule has 0 bridgehead atoms. The van der Waals surface area contributed by atoms with E-state index in [-0.39, 0.29) is 11.5 Å². The first-order valence-corrected chi connectivity index (χ1v) is 4.67. The van der Waals surface area contributed by atoms with Crippen LogP contribution in [0.2, 0.25) is 0 Å². The molecule has 2 rings (SSSR count). The monoisotopic (exact) mass is 195 g/mol. The predicted octanol–water partition coefficient (Wildman–Crippen LogP) is 0.746. The summed E-state index contributed by atoms with van der Waals surface area (Å²) in [6, 6.07) is 0. The maximum atomic E-state index is 10.9. The van der Waals surface area contributed by atoms with Gasteiger partial charge in [-0.25, -0.2) is 9.78 Å². The molecule has 5 heteroatoms. The standard InChI is InChI=1S/C9H13N3O2/c1-5-2-3-12-6(4-5)11-8(10)7(12)9(13)14/h5H,2-4,10H2,1H3,(H,13,14). The van der Waals surface area contributed by atoms with Crippen molar-refractivity contribution in [2.24, 2.45) is 5.92 Å². The van der Waals surface area contributed by atoms with Gasteiger partial charge in [-0.15, -0.1) is 0 Å². The number of carboxylic acids is 1. The second-order valence-electron chi connectivity index (χ2n) is 3.82. The molecule has 76 valence electrons. The van der Waals surface area contributed by atoms with E-state index < -0.39 is 5.97 Å². The van der Waals surface area contributed by atoms with E-state index in [0.29, 0.717) is 12.5 Å². The molecule has 1 aliphatic heterocycles. The summed E-state index contributed by atoms with van der Waals surface area (Å²) in [5.41, 5.74) is 5.70. The minimum atomic E-state index is -0.990. The number of imidazole rings is 1. The summed E-state index contributed by atoms with van der Waals surface area (Å²) < 4.78 is 1.72. The normalized spacial score (nSPS) is 20.5. The molecule has 1 aliphatic rings. The van der Waals surface area contributed by atoms with Gasteiger partial charge in [-0.05, 0) is 12.3 Å². The third kappa shape index (κ3) is 1.25. The molecule has 0 spiro atoms. The van der Waals surface area contributed by atoms with Crippen LogP contribution in [0, 0.1) is 5.92 Å². The number of fused-ring (bicyclic) bond motifs is 1. The van der Waals surface area contributed by atoms with Gasteiger partial charge in [0.1, 0.15) is 5.82 Å². The number of rotatable bonds is 1. The SMILES string of the molecule is CC1CCn2c(nc(N)c2C(=O)O)C1. The molecule has 1 atom stereocenters. The van der Waals surface area contributed by atoms with Gasteiger partial charge in [-0.3, -0.25) is 0 Å². The zero-order valence-electron chi connectivity index (χ0n) is 8.03. The first kappa shape index (κ1) is 9.05. The van der Waals surface area contributed by atoms with E-state index in [1.807, 2.05) is 0 Å². The number of nitrogen functional groups attached to an aromatic ring is 1. The molecule has 14 heavy (non-hydrogen) atoms. The van der Waals surface area contributed by atoms with Gasteiger partial charge in [0.15, 0.2) is 11.5 Å². The van der Waals surface area contributed by atoms with Crippen molar-refractivity contribution < 1.29 is 9.90 Å². The van der Waals surface area contributed by atoms with Crippen LogP contribution in [0.1, 0.15) is 29.7 Å². The fourth-order valence-corrected chi connectivity index (χ4v) is 1.90. The second kappa shape index (κ2) is 3.01. The lowest BCUT2D eigenvalue weighted by molar-refractivity contribution is 0.0684. The molecule has 0 radical (unpaired) electrons. The quantitative estimate of drug-likeness (QED) is 0.692. The van der Waals surface area contributed by atoms with Crippen molar-refractivity contribution in [3.63, 3.8) is 0 Å². The Balaban J connectivity index is 2.49. The highest BCUT2D eigenvalue weighted by Gasteiger charge is 2.25.